The minimum absolute atomic E-state index is 0.551. The first-order valence-corrected chi connectivity index (χ1v) is 20.4. The van der Waals surface area contributed by atoms with Crippen molar-refractivity contribution in [3.63, 3.8) is 0 Å². The van der Waals surface area contributed by atoms with Crippen molar-refractivity contribution in [2.75, 3.05) is 0 Å². The number of rotatable bonds is 4. The van der Waals surface area contributed by atoms with Crippen LogP contribution >= 0.6 is 0 Å². The lowest BCUT2D eigenvalue weighted by Crippen LogP contribution is -2.03. The van der Waals surface area contributed by atoms with Gasteiger partial charge in [-0.1, -0.05) is 158 Å². The van der Waals surface area contributed by atoms with Gasteiger partial charge in [0, 0.05) is 27.1 Å². The van der Waals surface area contributed by atoms with Crippen LogP contribution < -0.4 is 0 Å². The van der Waals surface area contributed by atoms with Crippen molar-refractivity contribution >= 4 is 87.0 Å². The fourth-order valence-corrected chi connectivity index (χ4v) is 9.68. The lowest BCUT2D eigenvalue weighted by molar-refractivity contribution is 0.651. The van der Waals surface area contributed by atoms with E-state index in [2.05, 4.69) is 193 Å². The van der Waals surface area contributed by atoms with Gasteiger partial charge in [0.15, 0.2) is 0 Å². The zero-order valence-corrected chi connectivity index (χ0v) is 32.3. The second-order valence-corrected chi connectivity index (χ2v) is 15.7. The molecule has 0 aliphatic rings. The Morgan fingerprint density at radius 2 is 0.867 bits per heavy atom. The summed E-state index contributed by atoms with van der Waals surface area (Å²) in [6, 6.07) is 71.6. The van der Waals surface area contributed by atoms with Gasteiger partial charge < -0.3 is 4.42 Å². The van der Waals surface area contributed by atoms with E-state index in [0.29, 0.717) is 11.7 Å². The van der Waals surface area contributed by atoms with Gasteiger partial charge in [-0.3, -0.25) is 4.57 Å². The summed E-state index contributed by atoms with van der Waals surface area (Å²) in [5, 5.41) is 14.0. The van der Waals surface area contributed by atoms with Crippen LogP contribution in [0.3, 0.4) is 0 Å². The molecule has 4 heteroatoms. The molecule has 60 heavy (non-hydrogen) atoms. The third-order valence-electron chi connectivity index (χ3n) is 12.4. The Morgan fingerprint density at radius 3 is 1.55 bits per heavy atom. The molecule has 0 radical (unpaired) electrons. The summed E-state index contributed by atoms with van der Waals surface area (Å²) in [6.07, 6.45) is 0. The molecule has 278 valence electrons. The number of fused-ring (bicyclic) bond motifs is 14. The first-order chi connectivity index (χ1) is 29.7. The van der Waals surface area contributed by atoms with Crippen molar-refractivity contribution in [1.29, 1.82) is 0 Å². The minimum Gasteiger partial charge on any atom is -0.437 e. The summed E-state index contributed by atoms with van der Waals surface area (Å²) in [5.74, 6) is 0.558. The number of furan rings is 1. The highest BCUT2D eigenvalue weighted by Gasteiger charge is 2.24. The topological polar surface area (TPSA) is 43.9 Å². The molecule has 0 atom stereocenters. The van der Waals surface area contributed by atoms with Crippen LogP contribution in [0.5, 0.6) is 0 Å². The Labute approximate surface area is 344 Å². The Morgan fingerprint density at radius 1 is 0.333 bits per heavy atom. The minimum atomic E-state index is 0.551. The van der Waals surface area contributed by atoms with E-state index in [4.69, 9.17) is 14.4 Å². The lowest BCUT2D eigenvalue weighted by atomic mass is 9.91. The largest absolute Gasteiger partial charge is 0.437 e. The fourth-order valence-electron chi connectivity index (χ4n) is 9.68. The van der Waals surface area contributed by atoms with Gasteiger partial charge in [-0.25, -0.2) is 4.98 Å². The van der Waals surface area contributed by atoms with E-state index in [1.54, 1.807) is 0 Å². The number of nitrogens with zero attached hydrogens (tertiary/aromatic N) is 3. The average molecular weight is 764 g/mol. The first kappa shape index (κ1) is 32.9. The van der Waals surface area contributed by atoms with E-state index in [9.17, 15) is 0 Å². The van der Waals surface area contributed by atoms with E-state index < -0.39 is 0 Å². The number of aromatic nitrogens is 3. The van der Waals surface area contributed by atoms with E-state index in [0.717, 1.165) is 71.7 Å². The quantitative estimate of drug-likeness (QED) is 0.168. The van der Waals surface area contributed by atoms with Gasteiger partial charge in [0.1, 0.15) is 5.58 Å². The van der Waals surface area contributed by atoms with E-state index in [1.165, 1.54) is 43.1 Å². The summed E-state index contributed by atoms with van der Waals surface area (Å²) >= 11 is 0. The van der Waals surface area contributed by atoms with E-state index >= 15 is 0 Å². The SMILES string of the molecule is c1ccc(-c2cc(-c3ccccc3)cc(-c3nc(-n4c5cc6ccccc6cc5c5c6c7ccccc7c7ccccc7c6ccc54)nc4oc5ccccc5c34)c2)cc1. The zero-order chi connectivity index (χ0) is 39.3. The lowest BCUT2D eigenvalue weighted by Gasteiger charge is -2.14. The Kier molecular flexibility index (Phi) is 6.98. The molecule has 0 unspecified atom stereocenters. The Hall–Kier alpha value is -8.08. The molecule has 0 N–H and O–H groups in total. The van der Waals surface area contributed by atoms with E-state index in [1.807, 2.05) is 12.1 Å². The smallest absolute Gasteiger partial charge is 0.238 e. The molecule has 13 rings (SSSR count). The molecule has 0 fully saturated rings. The van der Waals surface area contributed by atoms with Gasteiger partial charge in [-0.05, 0) is 102 Å². The third kappa shape index (κ3) is 4.85. The van der Waals surface area contributed by atoms with Crippen molar-refractivity contribution in [1.82, 2.24) is 14.5 Å². The molecule has 0 aliphatic carbocycles. The van der Waals surface area contributed by atoms with Crippen molar-refractivity contribution < 1.29 is 4.42 Å². The second-order valence-electron chi connectivity index (χ2n) is 15.7. The van der Waals surface area contributed by atoms with Crippen molar-refractivity contribution in [2.24, 2.45) is 0 Å². The molecule has 0 saturated carbocycles. The molecule has 3 heterocycles. The average Bonchev–Trinajstić information content (AvgIpc) is 3.86. The maximum Gasteiger partial charge on any atom is 0.238 e. The zero-order valence-electron chi connectivity index (χ0n) is 32.3. The fraction of sp³-hybridized carbons (Fsp3) is 0. The molecular weight excluding hydrogens is 731 g/mol. The molecule has 0 amide bonds. The van der Waals surface area contributed by atoms with Gasteiger partial charge >= 0.3 is 0 Å². The molecule has 4 nitrogen and oxygen atoms in total. The molecule has 0 aliphatic heterocycles. The van der Waals surface area contributed by atoms with Crippen LogP contribution in [-0.4, -0.2) is 14.5 Å². The summed E-state index contributed by atoms with van der Waals surface area (Å²) in [5.41, 5.74) is 9.72. The van der Waals surface area contributed by atoms with Crippen molar-refractivity contribution in [2.45, 2.75) is 0 Å². The third-order valence-corrected chi connectivity index (χ3v) is 12.4. The molecule has 0 spiro atoms. The van der Waals surface area contributed by atoms with Gasteiger partial charge in [-0.2, -0.15) is 4.98 Å². The van der Waals surface area contributed by atoms with Crippen LogP contribution in [-0.2, 0) is 0 Å². The molecular formula is C56H33N3O. The van der Waals surface area contributed by atoms with Crippen LogP contribution in [0, 0.1) is 0 Å². The molecule has 13 aromatic rings. The maximum atomic E-state index is 6.69. The highest BCUT2D eigenvalue weighted by molar-refractivity contribution is 6.35. The Bertz CT molecular complexity index is 3790. The predicted molar refractivity (Wildman–Crippen MR) is 250 cm³/mol. The van der Waals surface area contributed by atoms with Gasteiger partial charge in [-0.15, -0.1) is 0 Å². The number of para-hydroxylation sites is 1. The van der Waals surface area contributed by atoms with E-state index in [-0.39, 0.29) is 0 Å². The van der Waals surface area contributed by atoms with Crippen molar-refractivity contribution in [3.05, 3.63) is 200 Å². The Balaban J connectivity index is 1.19. The molecule has 10 aromatic carbocycles. The highest BCUT2D eigenvalue weighted by atomic mass is 16.3. The number of hydrogen-bond donors (Lipinski definition) is 0. The second kappa shape index (κ2) is 12.7. The number of benzene rings is 10. The van der Waals surface area contributed by atoms with Gasteiger partial charge in [0.25, 0.3) is 0 Å². The number of hydrogen-bond acceptors (Lipinski definition) is 3. The summed E-state index contributed by atoms with van der Waals surface area (Å²) in [6.45, 7) is 0. The van der Waals surface area contributed by atoms with Crippen molar-refractivity contribution in [3.8, 4) is 39.5 Å². The van der Waals surface area contributed by atoms with Crippen LogP contribution in [0.2, 0.25) is 0 Å². The monoisotopic (exact) mass is 763 g/mol. The van der Waals surface area contributed by atoms with Gasteiger partial charge in [0.2, 0.25) is 11.7 Å². The highest BCUT2D eigenvalue weighted by Crippen LogP contribution is 2.45. The summed E-state index contributed by atoms with van der Waals surface area (Å²) in [7, 11) is 0. The summed E-state index contributed by atoms with van der Waals surface area (Å²) < 4.78 is 8.95. The maximum absolute atomic E-state index is 6.69. The molecule has 0 saturated heterocycles. The van der Waals surface area contributed by atoms with Crippen LogP contribution in [0.1, 0.15) is 0 Å². The van der Waals surface area contributed by atoms with Crippen LogP contribution in [0.4, 0.5) is 0 Å². The molecule has 0 bridgehead atoms. The predicted octanol–water partition coefficient (Wildman–Crippen LogP) is 15.1. The first-order valence-electron chi connectivity index (χ1n) is 20.4. The molecule has 3 aromatic heterocycles. The van der Waals surface area contributed by atoms with Crippen LogP contribution in [0.15, 0.2) is 205 Å². The normalized spacial score (nSPS) is 12.0. The van der Waals surface area contributed by atoms with Crippen LogP contribution in [0.25, 0.3) is 126 Å². The van der Waals surface area contributed by atoms with Gasteiger partial charge in [0.05, 0.1) is 22.1 Å². The standard InChI is InChI=1S/C56H33N3O/c1-3-15-34(16-4-1)38-29-39(35-17-5-2-6-18-35)31-40(30-38)54-53-46-25-13-14-26-50(46)60-55(53)58-56(57-54)59-48-28-27-45-43-23-10-9-21-41(43)42-22-11-12-24-44(42)51(45)52(48)47-32-36-19-7-8-20-37(36)33-49(47)59/h1-33H. The summed E-state index contributed by atoms with van der Waals surface area (Å²) in [4.78, 5) is 11.0.